The number of primary amides is 1. The number of methoxy groups -OCH3 is 1. The van der Waals surface area contributed by atoms with Crippen LogP contribution in [-0.2, 0) is 19.1 Å². The molecule has 4 unspecified atom stereocenters. The van der Waals surface area contributed by atoms with Crippen molar-refractivity contribution in [1.82, 2.24) is 15.2 Å². The van der Waals surface area contributed by atoms with E-state index in [0.717, 1.165) is 4.70 Å². The number of benzene rings is 1. The van der Waals surface area contributed by atoms with Crippen molar-refractivity contribution in [3.8, 4) is 0 Å². The van der Waals surface area contributed by atoms with Gasteiger partial charge in [-0.25, -0.2) is 9.78 Å². The molecule has 1 amide bonds. The highest BCUT2D eigenvalue weighted by molar-refractivity contribution is 7.22. The number of thiazole rings is 1. The summed E-state index contributed by atoms with van der Waals surface area (Å²) in [7, 11) is 1.53. The van der Waals surface area contributed by atoms with Crippen molar-refractivity contribution in [3.05, 3.63) is 45.8 Å². The summed E-state index contributed by atoms with van der Waals surface area (Å²) >= 11 is 7.58. The third-order valence-electron chi connectivity index (χ3n) is 7.03. The standard InChI is InChI=1S/C22H20ClN5O5S/c1-8-14(26-21-27-15-10(23)4-3-5-12(15)34-21)18(30)13-9(7-33-20(24)31)22(32-2)19-11(25-19)6-28(22)16(13)17(8)29/h3-5,9,11,19,25H,6-7H2,1-2H3,(H2,24,31)(H,26,27). The summed E-state index contributed by atoms with van der Waals surface area (Å²) < 4.78 is 12.0. The van der Waals surface area contributed by atoms with Gasteiger partial charge >= 0.3 is 6.09 Å². The van der Waals surface area contributed by atoms with Gasteiger partial charge in [-0.05, 0) is 19.1 Å². The van der Waals surface area contributed by atoms with Gasteiger partial charge in [0.15, 0.2) is 10.9 Å². The first kappa shape index (κ1) is 21.5. The largest absolute Gasteiger partial charge is 0.449 e. The summed E-state index contributed by atoms with van der Waals surface area (Å²) in [5.41, 5.74) is 5.80. The molecule has 0 radical (unpaired) electrons. The smallest absolute Gasteiger partial charge is 0.404 e. The Morgan fingerprint density at radius 2 is 2.21 bits per heavy atom. The predicted octanol–water partition coefficient (Wildman–Crippen LogP) is 1.77. The zero-order valence-corrected chi connectivity index (χ0v) is 19.7. The number of nitrogens with two attached hydrogens (primary N) is 1. The number of allylic oxidation sites excluding steroid dienone is 2. The van der Waals surface area contributed by atoms with Crippen molar-refractivity contribution in [2.45, 2.75) is 24.7 Å². The average molecular weight is 502 g/mol. The molecule has 4 heterocycles. The molecule has 1 aromatic heterocycles. The number of anilines is 1. The number of nitrogens with one attached hydrogen (secondary N) is 2. The molecule has 12 heteroatoms. The number of aromatic nitrogens is 1. The monoisotopic (exact) mass is 501 g/mol. The van der Waals surface area contributed by atoms with Gasteiger partial charge in [0.25, 0.3) is 0 Å². The van der Waals surface area contributed by atoms with Crippen molar-refractivity contribution in [2.75, 3.05) is 25.6 Å². The molecule has 2 fully saturated rings. The average Bonchev–Trinajstić information content (AvgIpc) is 3.20. The number of carbonyl (C=O) groups excluding carboxylic acids is 3. The van der Waals surface area contributed by atoms with Crippen LogP contribution in [0.15, 0.2) is 40.7 Å². The zero-order valence-electron chi connectivity index (χ0n) is 18.2. The van der Waals surface area contributed by atoms with Crippen LogP contribution >= 0.6 is 22.9 Å². The Hall–Kier alpha value is -2.99. The van der Waals surface area contributed by atoms with Gasteiger partial charge in [0.2, 0.25) is 11.6 Å². The lowest BCUT2D eigenvalue weighted by atomic mass is 9.82. The molecule has 4 aliphatic rings. The van der Waals surface area contributed by atoms with Crippen molar-refractivity contribution in [2.24, 2.45) is 11.7 Å². The molecule has 2 aromatic rings. The van der Waals surface area contributed by atoms with E-state index >= 15 is 0 Å². The first-order chi connectivity index (χ1) is 16.3. The van der Waals surface area contributed by atoms with Gasteiger partial charge in [0, 0.05) is 30.8 Å². The summed E-state index contributed by atoms with van der Waals surface area (Å²) in [6.07, 6.45) is -0.962. The number of ketones is 2. The maximum Gasteiger partial charge on any atom is 0.404 e. The first-order valence-corrected chi connectivity index (χ1v) is 11.8. The van der Waals surface area contributed by atoms with Crippen molar-refractivity contribution < 1.29 is 23.9 Å². The molecular formula is C22H20ClN5O5S. The van der Waals surface area contributed by atoms with Gasteiger partial charge in [-0.15, -0.1) is 0 Å². The lowest BCUT2D eigenvalue weighted by molar-refractivity contribution is -0.137. The number of ether oxygens (including phenoxy) is 2. The number of hydrogen-bond donors (Lipinski definition) is 3. The van der Waals surface area contributed by atoms with Crippen LogP contribution in [-0.4, -0.2) is 65.6 Å². The third-order valence-corrected chi connectivity index (χ3v) is 8.27. The molecule has 34 heavy (non-hydrogen) atoms. The molecule has 4 atom stereocenters. The minimum atomic E-state index is -1.02. The second kappa shape index (κ2) is 7.25. The summed E-state index contributed by atoms with van der Waals surface area (Å²) in [6, 6.07) is 5.46. The van der Waals surface area contributed by atoms with E-state index in [9.17, 15) is 14.4 Å². The maximum absolute atomic E-state index is 13.9. The van der Waals surface area contributed by atoms with Crippen molar-refractivity contribution >= 4 is 55.9 Å². The van der Waals surface area contributed by atoms with Crippen LogP contribution in [0.2, 0.25) is 5.02 Å². The number of halogens is 1. The molecule has 2 saturated heterocycles. The number of rotatable bonds is 5. The summed E-state index contributed by atoms with van der Waals surface area (Å²) in [6.45, 7) is 1.94. The van der Waals surface area contributed by atoms with E-state index in [1.54, 1.807) is 13.0 Å². The number of piperazine rings is 1. The molecule has 4 N–H and O–H groups in total. The van der Waals surface area contributed by atoms with E-state index in [1.165, 1.54) is 18.4 Å². The van der Waals surface area contributed by atoms with Crippen LogP contribution in [0.5, 0.6) is 0 Å². The Kier molecular flexibility index (Phi) is 4.59. The van der Waals surface area contributed by atoms with Gasteiger partial charge in [-0.2, -0.15) is 0 Å². The molecule has 6 rings (SSSR count). The fourth-order valence-electron chi connectivity index (χ4n) is 5.52. The summed E-state index contributed by atoms with van der Waals surface area (Å²) in [5, 5.41) is 7.33. The quantitative estimate of drug-likeness (QED) is 0.412. The van der Waals surface area contributed by atoms with E-state index in [-0.39, 0.29) is 47.1 Å². The van der Waals surface area contributed by atoms with Crippen LogP contribution in [0.4, 0.5) is 9.93 Å². The van der Waals surface area contributed by atoms with E-state index in [4.69, 9.17) is 26.8 Å². The molecule has 10 nitrogen and oxygen atoms in total. The van der Waals surface area contributed by atoms with Gasteiger partial charge in [-0.3, -0.25) is 9.59 Å². The summed E-state index contributed by atoms with van der Waals surface area (Å²) in [4.78, 5) is 45.2. The van der Waals surface area contributed by atoms with Gasteiger partial charge in [0.05, 0.1) is 33.1 Å². The van der Waals surface area contributed by atoms with Crippen molar-refractivity contribution in [3.63, 3.8) is 0 Å². The van der Waals surface area contributed by atoms with E-state index in [0.29, 0.717) is 27.9 Å². The maximum atomic E-state index is 13.9. The normalized spacial score (nSPS) is 29.5. The zero-order chi connectivity index (χ0) is 23.9. The SMILES string of the molecule is COC12C(COC(N)=O)C3=C(C(=O)C(C)=C(Nc4nc5c(Cl)cccc5s4)C3=O)N1CC1NC12. The van der Waals surface area contributed by atoms with Crippen LogP contribution < -0.4 is 16.4 Å². The highest BCUT2D eigenvalue weighted by atomic mass is 35.5. The number of nitrogens with zero attached hydrogens (tertiary/aromatic N) is 2. The molecule has 0 saturated carbocycles. The lowest BCUT2D eigenvalue weighted by Crippen LogP contribution is -2.55. The topological polar surface area (TPSA) is 146 Å². The number of amides is 1. The van der Waals surface area contributed by atoms with Crippen molar-refractivity contribution in [1.29, 1.82) is 0 Å². The number of fused-ring (bicyclic) bond motifs is 5. The molecule has 176 valence electrons. The van der Waals surface area contributed by atoms with Crippen LogP contribution in [0.3, 0.4) is 0 Å². The number of para-hydroxylation sites is 1. The van der Waals surface area contributed by atoms with Gasteiger partial charge in [-0.1, -0.05) is 29.0 Å². The fraction of sp³-hybridized carbons (Fsp3) is 0.364. The number of hydrogen-bond acceptors (Lipinski definition) is 10. The number of Topliss-reactive ketones (excluding diaryl/α,β-unsaturated/α-hetero) is 2. The Morgan fingerprint density at radius 3 is 2.91 bits per heavy atom. The Balaban J connectivity index is 1.41. The molecular weight excluding hydrogens is 482 g/mol. The van der Waals surface area contributed by atoms with E-state index in [2.05, 4.69) is 15.6 Å². The third kappa shape index (κ3) is 2.75. The second-order valence-electron chi connectivity index (χ2n) is 8.65. The molecule has 0 spiro atoms. The van der Waals surface area contributed by atoms with Crippen LogP contribution in [0.1, 0.15) is 6.92 Å². The predicted molar refractivity (Wildman–Crippen MR) is 124 cm³/mol. The fourth-order valence-corrected chi connectivity index (χ4v) is 6.69. The molecule has 1 aliphatic carbocycles. The van der Waals surface area contributed by atoms with Crippen LogP contribution in [0, 0.1) is 5.92 Å². The summed E-state index contributed by atoms with van der Waals surface area (Å²) in [5.74, 6) is -1.34. The first-order valence-electron chi connectivity index (χ1n) is 10.7. The molecule has 3 aliphatic heterocycles. The molecule has 0 bridgehead atoms. The van der Waals surface area contributed by atoms with Gasteiger partial charge in [0.1, 0.15) is 12.1 Å². The Morgan fingerprint density at radius 1 is 1.41 bits per heavy atom. The second-order valence-corrected chi connectivity index (χ2v) is 10.1. The highest BCUT2D eigenvalue weighted by Gasteiger charge is 2.72. The minimum Gasteiger partial charge on any atom is -0.449 e. The lowest BCUT2D eigenvalue weighted by Gasteiger charge is -2.39. The minimum absolute atomic E-state index is 0.103. The highest BCUT2D eigenvalue weighted by Crippen LogP contribution is 2.55. The van der Waals surface area contributed by atoms with Crippen LogP contribution in [0.25, 0.3) is 10.2 Å². The van der Waals surface area contributed by atoms with Gasteiger partial charge < -0.3 is 30.7 Å². The molecule has 1 aromatic carbocycles. The Labute approximate surface area is 202 Å². The van der Waals surface area contributed by atoms with E-state index < -0.39 is 17.7 Å². The van der Waals surface area contributed by atoms with E-state index in [1.807, 2.05) is 17.0 Å². The number of carbonyl (C=O) groups is 3. The Bertz CT molecular complexity index is 1370.